The van der Waals surface area contributed by atoms with Gasteiger partial charge >= 0.3 is 0 Å². The Hall–Kier alpha value is -0.130. The van der Waals surface area contributed by atoms with Gasteiger partial charge in [0.2, 0.25) is 0 Å². The van der Waals surface area contributed by atoms with Crippen molar-refractivity contribution in [1.82, 2.24) is 5.32 Å². The molecular formula is C11H21NO3S. The average Bonchev–Trinajstić information content (AvgIpc) is 2.41. The molecule has 0 spiro atoms. The van der Waals surface area contributed by atoms with Crippen molar-refractivity contribution >= 4 is 9.84 Å². The standard InChI is InChI=1S/C11H21NO3S/c1-10(2)8-12-11(3,15-10)9-4-6-16(13,14)7-5-9/h9,12H,4-8H2,1-3H3. The Labute approximate surface area is 97.7 Å². The van der Waals surface area contributed by atoms with Gasteiger partial charge in [-0.2, -0.15) is 0 Å². The number of ether oxygens (including phenoxy) is 1. The molecule has 0 amide bonds. The molecule has 1 unspecified atom stereocenters. The number of rotatable bonds is 1. The summed E-state index contributed by atoms with van der Waals surface area (Å²) in [4.78, 5) is 0. The van der Waals surface area contributed by atoms with E-state index in [-0.39, 0.29) is 11.3 Å². The maximum atomic E-state index is 11.4. The Morgan fingerprint density at radius 3 is 2.19 bits per heavy atom. The molecule has 4 nitrogen and oxygen atoms in total. The predicted molar refractivity (Wildman–Crippen MR) is 62.9 cm³/mol. The first kappa shape index (κ1) is 12.3. The Balaban J connectivity index is 2.05. The van der Waals surface area contributed by atoms with Crippen LogP contribution in [-0.4, -0.2) is 37.8 Å². The van der Waals surface area contributed by atoms with Crippen molar-refractivity contribution in [2.75, 3.05) is 18.1 Å². The minimum atomic E-state index is -2.78. The van der Waals surface area contributed by atoms with Gasteiger partial charge in [0.15, 0.2) is 0 Å². The summed E-state index contributed by atoms with van der Waals surface area (Å²) in [5, 5.41) is 3.40. The van der Waals surface area contributed by atoms with E-state index in [0.717, 1.165) is 6.54 Å². The fourth-order valence-electron chi connectivity index (χ4n) is 2.70. The van der Waals surface area contributed by atoms with Crippen LogP contribution in [0.3, 0.4) is 0 Å². The van der Waals surface area contributed by atoms with Crippen LogP contribution in [0.15, 0.2) is 0 Å². The molecule has 2 aliphatic rings. The van der Waals surface area contributed by atoms with Crippen molar-refractivity contribution in [3.05, 3.63) is 0 Å². The summed E-state index contributed by atoms with van der Waals surface area (Å²) < 4.78 is 28.8. The molecule has 2 fully saturated rings. The second-order valence-corrected chi connectivity index (χ2v) is 8.05. The highest BCUT2D eigenvalue weighted by atomic mass is 32.2. The van der Waals surface area contributed by atoms with Gasteiger partial charge in [0.1, 0.15) is 15.6 Å². The van der Waals surface area contributed by atoms with Crippen LogP contribution in [0, 0.1) is 5.92 Å². The van der Waals surface area contributed by atoms with Crippen LogP contribution in [0.25, 0.3) is 0 Å². The number of hydrogen-bond donors (Lipinski definition) is 1. The average molecular weight is 247 g/mol. The molecule has 0 aromatic heterocycles. The molecule has 5 heteroatoms. The van der Waals surface area contributed by atoms with Gasteiger partial charge in [-0.15, -0.1) is 0 Å². The summed E-state index contributed by atoms with van der Waals surface area (Å²) in [6.45, 7) is 6.99. The van der Waals surface area contributed by atoms with E-state index < -0.39 is 9.84 Å². The van der Waals surface area contributed by atoms with Gasteiger partial charge in [-0.05, 0) is 33.6 Å². The molecule has 0 radical (unpaired) electrons. The highest BCUT2D eigenvalue weighted by Gasteiger charge is 2.46. The van der Waals surface area contributed by atoms with Crippen LogP contribution in [0.5, 0.6) is 0 Å². The zero-order chi connectivity index (χ0) is 12.0. The van der Waals surface area contributed by atoms with Crippen LogP contribution in [0.4, 0.5) is 0 Å². The van der Waals surface area contributed by atoms with Crippen molar-refractivity contribution in [3.63, 3.8) is 0 Å². The van der Waals surface area contributed by atoms with Crippen molar-refractivity contribution in [1.29, 1.82) is 0 Å². The quantitative estimate of drug-likeness (QED) is 0.749. The Bertz CT molecular complexity index is 363. The summed E-state index contributed by atoms with van der Waals surface area (Å²) >= 11 is 0. The van der Waals surface area contributed by atoms with E-state index in [0.29, 0.717) is 30.3 Å². The lowest BCUT2D eigenvalue weighted by Gasteiger charge is -2.37. The largest absolute Gasteiger partial charge is 0.353 e. The minimum Gasteiger partial charge on any atom is -0.353 e. The normalized spacial score (nSPS) is 38.7. The molecule has 1 N–H and O–H groups in total. The molecule has 0 saturated carbocycles. The summed E-state index contributed by atoms with van der Waals surface area (Å²) in [6.07, 6.45) is 1.42. The van der Waals surface area contributed by atoms with Gasteiger partial charge in [-0.3, -0.25) is 5.32 Å². The van der Waals surface area contributed by atoms with E-state index in [1.54, 1.807) is 0 Å². The minimum absolute atomic E-state index is 0.148. The lowest BCUT2D eigenvalue weighted by Crippen LogP contribution is -2.48. The highest BCUT2D eigenvalue weighted by molar-refractivity contribution is 7.91. The van der Waals surface area contributed by atoms with Crippen molar-refractivity contribution < 1.29 is 13.2 Å². The zero-order valence-corrected chi connectivity index (χ0v) is 11.1. The lowest BCUT2D eigenvalue weighted by atomic mass is 9.91. The first-order chi connectivity index (χ1) is 7.23. The molecule has 0 aromatic carbocycles. The van der Waals surface area contributed by atoms with Crippen LogP contribution in [0.2, 0.25) is 0 Å². The molecule has 2 rings (SSSR count). The van der Waals surface area contributed by atoms with Gasteiger partial charge in [0, 0.05) is 12.5 Å². The van der Waals surface area contributed by atoms with Crippen molar-refractivity contribution in [2.45, 2.75) is 44.9 Å². The van der Waals surface area contributed by atoms with Gasteiger partial charge in [-0.1, -0.05) is 0 Å². The van der Waals surface area contributed by atoms with E-state index in [1.807, 2.05) is 6.92 Å². The van der Waals surface area contributed by atoms with E-state index in [2.05, 4.69) is 19.2 Å². The maximum Gasteiger partial charge on any atom is 0.150 e. The molecule has 16 heavy (non-hydrogen) atoms. The second-order valence-electron chi connectivity index (χ2n) is 5.75. The monoisotopic (exact) mass is 247 g/mol. The molecule has 2 saturated heterocycles. The van der Waals surface area contributed by atoms with Crippen LogP contribution >= 0.6 is 0 Å². The topological polar surface area (TPSA) is 55.4 Å². The van der Waals surface area contributed by atoms with Crippen LogP contribution in [0.1, 0.15) is 33.6 Å². The molecule has 2 aliphatic heterocycles. The fraction of sp³-hybridized carbons (Fsp3) is 1.00. The van der Waals surface area contributed by atoms with E-state index in [4.69, 9.17) is 4.74 Å². The van der Waals surface area contributed by atoms with Gasteiger partial charge in [0.25, 0.3) is 0 Å². The van der Waals surface area contributed by atoms with Crippen LogP contribution < -0.4 is 5.32 Å². The Morgan fingerprint density at radius 1 is 1.19 bits per heavy atom. The zero-order valence-electron chi connectivity index (χ0n) is 10.2. The highest BCUT2D eigenvalue weighted by Crippen LogP contribution is 2.36. The number of nitrogens with one attached hydrogen (secondary N) is 1. The third-order valence-electron chi connectivity index (χ3n) is 3.69. The first-order valence-electron chi connectivity index (χ1n) is 5.88. The third kappa shape index (κ3) is 2.41. The summed E-state index contributed by atoms with van der Waals surface area (Å²) in [5.74, 6) is 0.912. The summed E-state index contributed by atoms with van der Waals surface area (Å²) in [6, 6.07) is 0. The van der Waals surface area contributed by atoms with E-state index in [1.165, 1.54) is 0 Å². The van der Waals surface area contributed by atoms with Crippen molar-refractivity contribution in [2.24, 2.45) is 5.92 Å². The number of sulfone groups is 1. The van der Waals surface area contributed by atoms with Gasteiger partial charge in [0.05, 0.1) is 17.1 Å². The van der Waals surface area contributed by atoms with Crippen LogP contribution in [-0.2, 0) is 14.6 Å². The molecule has 0 aliphatic carbocycles. The lowest BCUT2D eigenvalue weighted by molar-refractivity contribution is -0.114. The molecular weight excluding hydrogens is 226 g/mol. The van der Waals surface area contributed by atoms with Gasteiger partial charge in [-0.25, -0.2) is 8.42 Å². The molecule has 0 aromatic rings. The third-order valence-corrected chi connectivity index (χ3v) is 5.40. The second kappa shape index (κ2) is 3.68. The van der Waals surface area contributed by atoms with Crippen molar-refractivity contribution in [3.8, 4) is 0 Å². The van der Waals surface area contributed by atoms with E-state index in [9.17, 15) is 8.42 Å². The predicted octanol–water partition coefficient (Wildman–Crippen LogP) is 0.926. The maximum absolute atomic E-state index is 11.4. The fourth-order valence-corrected chi connectivity index (χ4v) is 4.19. The first-order valence-corrected chi connectivity index (χ1v) is 7.70. The molecule has 1 atom stereocenters. The van der Waals surface area contributed by atoms with Gasteiger partial charge < -0.3 is 4.74 Å². The summed E-state index contributed by atoms with van der Waals surface area (Å²) in [5.41, 5.74) is -0.496. The molecule has 2 heterocycles. The number of hydrogen-bond acceptors (Lipinski definition) is 4. The molecule has 0 bridgehead atoms. The summed E-state index contributed by atoms with van der Waals surface area (Å²) in [7, 11) is -2.78. The van der Waals surface area contributed by atoms with E-state index >= 15 is 0 Å². The smallest absolute Gasteiger partial charge is 0.150 e. The SMILES string of the molecule is CC1(C)CNC(C)(C2CCS(=O)(=O)CC2)O1. The Kier molecular flexibility index (Phi) is 2.84. The Morgan fingerprint density at radius 2 is 1.75 bits per heavy atom. The molecule has 94 valence electrons.